The number of imide groups is 1. The Morgan fingerprint density at radius 2 is 1.69 bits per heavy atom. The Bertz CT molecular complexity index is 1330. The molecule has 1 aromatic carbocycles. The summed E-state index contributed by atoms with van der Waals surface area (Å²) in [5.74, 6) is -0.946. The predicted octanol–water partition coefficient (Wildman–Crippen LogP) is 6.25. The highest BCUT2D eigenvalue weighted by Crippen LogP contribution is 2.34. The maximum absolute atomic E-state index is 14.5. The summed E-state index contributed by atoms with van der Waals surface area (Å²) in [6.07, 6.45) is -0.821. The number of ether oxygens (including phenoxy) is 2. The molecule has 0 aliphatic rings. The van der Waals surface area contributed by atoms with Crippen molar-refractivity contribution < 1.29 is 28.0 Å². The molecule has 0 radical (unpaired) electrons. The molecule has 3 aromatic rings. The molecule has 0 fully saturated rings. The van der Waals surface area contributed by atoms with Crippen molar-refractivity contribution in [1.82, 2.24) is 15.1 Å². The Balaban J connectivity index is 2.13. The molecule has 0 saturated carbocycles. The largest absolute Gasteiger partial charge is 0.443 e. The van der Waals surface area contributed by atoms with Gasteiger partial charge in [0.1, 0.15) is 27.3 Å². The van der Waals surface area contributed by atoms with Crippen molar-refractivity contribution in [1.29, 1.82) is 5.26 Å². The van der Waals surface area contributed by atoms with Crippen LogP contribution in [0.25, 0.3) is 22.7 Å². The third-order valence-electron chi connectivity index (χ3n) is 4.21. The van der Waals surface area contributed by atoms with Gasteiger partial charge in [-0.2, -0.15) is 10.2 Å². The molecular weight excluding hydrogens is 537 g/mol. The first-order valence-corrected chi connectivity index (χ1v) is 11.4. The Morgan fingerprint density at radius 3 is 2.22 bits per heavy atom. The van der Waals surface area contributed by atoms with Crippen LogP contribution in [0.3, 0.4) is 0 Å². The van der Waals surface area contributed by atoms with Gasteiger partial charge in [-0.3, -0.25) is 0 Å². The minimum Gasteiger partial charge on any atom is -0.443 e. The van der Waals surface area contributed by atoms with Crippen LogP contribution in [0.5, 0.6) is 0 Å². The monoisotopic (exact) mass is 559 g/mol. The van der Waals surface area contributed by atoms with Crippen LogP contribution in [0.4, 0.5) is 19.8 Å². The van der Waals surface area contributed by atoms with Gasteiger partial charge < -0.3 is 14.0 Å². The zero-order valence-electron chi connectivity index (χ0n) is 20.4. The third-order valence-corrected chi connectivity index (χ3v) is 4.59. The van der Waals surface area contributed by atoms with Crippen molar-refractivity contribution in [3.63, 3.8) is 0 Å². The second-order valence-electron chi connectivity index (χ2n) is 9.54. The van der Waals surface area contributed by atoms with Crippen LogP contribution >= 0.6 is 15.9 Å². The van der Waals surface area contributed by atoms with E-state index in [1.54, 1.807) is 41.5 Å². The molecule has 0 bridgehead atoms. The molecule has 2 amide bonds. The fourth-order valence-electron chi connectivity index (χ4n) is 2.86. The summed E-state index contributed by atoms with van der Waals surface area (Å²) >= 11 is 3.22. The highest BCUT2D eigenvalue weighted by molar-refractivity contribution is 9.10. The first-order chi connectivity index (χ1) is 16.7. The number of carbonyl (C=O) groups is 2. The average molecular weight is 560 g/mol. The zero-order valence-corrected chi connectivity index (χ0v) is 22.0. The number of amides is 2. The molecule has 0 N–H and O–H groups in total. The Morgan fingerprint density at radius 1 is 1.08 bits per heavy atom. The summed E-state index contributed by atoms with van der Waals surface area (Å²) in [6, 6.07) is 7.11. The summed E-state index contributed by atoms with van der Waals surface area (Å²) in [5.41, 5.74) is -1.62. The van der Waals surface area contributed by atoms with Crippen LogP contribution in [-0.4, -0.2) is 38.5 Å². The van der Waals surface area contributed by atoms with Gasteiger partial charge in [-0.1, -0.05) is 5.16 Å². The van der Waals surface area contributed by atoms with E-state index in [9.17, 15) is 14.0 Å². The van der Waals surface area contributed by atoms with Crippen LogP contribution in [0.15, 0.2) is 39.6 Å². The molecule has 0 spiro atoms. The van der Waals surface area contributed by atoms with E-state index in [1.807, 2.05) is 6.07 Å². The quantitative estimate of drug-likeness (QED) is 0.365. The lowest BCUT2D eigenvalue weighted by atomic mass is 10.1. The molecule has 2 aromatic heterocycles. The van der Waals surface area contributed by atoms with E-state index < -0.39 is 29.2 Å². The topological polar surface area (TPSA) is 131 Å². The second kappa shape index (κ2) is 10.0. The van der Waals surface area contributed by atoms with E-state index in [1.165, 1.54) is 24.4 Å². The van der Waals surface area contributed by atoms with Crippen molar-refractivity contribution in [2.75, 3.05) is 4.90 Å². The van der Waals surface area contributed by atoms with Crippen molar-refractivity contribution >= 4 is 33.9 Å². The highest BCUT2D eigenvalue weighted by Gasteiger charge is 2.36. The standard InChI is InChI=1S/C24H23BrFN5O5/c1-23(2,3)34-21(32)31(22(33)35-24(4,5)6)20-19(29-18(25)12-28-20)17-10-16(30-36-17)14-8-7-13(11-27)9-15(14)26/h7-10,12H,1-6H3. The van der Waals surface area contributed by atoms with Gasteiger partial charge in [0, 0.05) is 11.6 Å². The van der Waals surface area contributed by atoms with Gasteiger partial charge in [-0.05, 0) is 75.7 Å². The molecule has 2 heterocycles. The van der Waals surface area contributed by atoms with Crippen molar-refractivity contribution in [3.8, 4) is 28.8 Å². The van der Waals surface area contributed by atoms with E-state index in [0.29, 0.717) is 4.90 Å². The van der Waals surface area contributed by atoms with Gasteiger partial charge in [0.15, 0.2) is 17.3 Å². The van der Waals surface area contributed by atoms with Crippen LogP contribution in [0.1, 0.15) is 47.1 Å². The van der Waals surface area contributed by atoms with Gasteiger partial charge >= 0.3 is 12.2 Å². The minimum atomic E-state index is -1.05. The molecule has 0 unspecified atom stereocenters. The molecule has 0 saturated heterocycles. The fourth-order valence-corrected chi connectivity index (χ4v) is 3.14. The van der Waals surface area contributed by atoms with Crippen LogP contribution in [0, 0.1) is 17.1 Å². The van der Waals surface area contributed by atoms with Crippen LogP contribution < -0.4 is 4.90 Å². The summed E-state index contributed by atoms with van der Waals surface area (Å²) < 4.78 is 31.0. The molecule has 10 nitrogen and oxygen atoms in total. The van der Waals surface area contributed by atoms with Crippen LogP contribution in [0.2, 0.25) is 0 Å². The minimum absolute atomic E-state index is 0.0188. The Kier molecular flexibility index (Phi) is 7.45. The number of aromatic nitrogens is 3. The Hall–Kier alpha value is -3.85. The molecule has 0 atom stereocenters. The van der Waals surface area contributed by atoms with E-state index in [-0.39, 0.29) is 38.7 Å². The SMILES string of the molecule is CC(C)(C)OC(=O)N(C(=O)OC(C)(C)C)c1ncc(Br)nc1-c1cc(-c2ccc(C#N)cc2F)no1. The average Bonchev–Trinajstić information content (AvgIpc) is 3.22. The van der Waals surface area contributed by atoms with E-state index in [0.717, 1.165) is 6.07 Å². The smallest absolute Gasteiger partial charge is 0.425 e. The lowest BCUT2D eigenvalue weighted by molar-refractivity contribution is 0.0429. The summed E-state index contributed by atoms with van der Waals surface area (Å²) in [6.45, 7) is 9.84. The van der Waals surface area contributed by atoms with Crippen LogP contribution in [-0.2, 0) is 9.47 Å². The Labute approximate surface area is 215 Å². The molecule has 0 aliphatic heterocycles. The van der Waals surface area contributed by atoms with Gasteiger partial charge in [0.05, 0.1) is 17.8 Å². The van der Waals surface area contributed by atoms with Gasteiger partial charge in [-0.25, -0.2) is 23.9 Å². The number of nitriles is 1. The number of anilines is 1. The number of benzene rings is 1. The molecule has 3 rings (SSSR count). The number of hydrogen-bond donors (Lipinski definition) is 0. The summed E-state index contributed by atoms with van der Waals surface area (Å²) in [5, 5.41) is 12.9. The zero-order chi connectivity index (χ0) is 26.8. The van der Waals surface area contributed by atoms with Crippen molar-refractivity contribution in [2.45, 2.75) is 52.7 Å². The third kappa shape index (κ3) is 6.42. The molecule has 36 heavy (non-hydrogen) atoms. The lowest BCUT2D eigenvalue weighted by Crippen LogP contribution is -2.44. The molecular formula is C24H23BrFN5O5. The molecule has 12 heteroatoms. The van der Waals surface area contributed by atoms with Gasteiger partial charge in [0.2, 0.25) is 0 Å². The van der Waals surface area contributed by atoms with Crippen molar-refractivity contribution in [3.05, 3.63) is 46.4 Å². The second-order valence-corrected chi connectivity index (χ2v) is 10.4. The summed E-state index contributed by atoms with van der Waals surface area (Å²) in [4.78, 5) is 35.3. The maximum atomic E-state index is 14.5. The molecule has 188 valence electrons. The number of rotatable bonds is 3. The first kappa shape index (κ1) is 26.7. The maximum Gasteiger partial charge on any atom is 0.425 e. The van der Waals surface area contributed by atoms with Crippen molar-refractivity contribution in [2.24, 2.45) is 0 Å². The lowest BCUT2D eigenvalue weighted by Gasteiger charge is -2.28. The fraction of sp³-hybridized carbons (Fsp3) is 0.333. The number of nitrogens with zero attached hydrogens (tertiary/aromatic N) is 5. The number of halogens is 2. The van der Waals surface area contributed by atoms with Gasteiger partial charge in [-0.15, -0.1) is 0 Å². The van der Waals surface area contributed by atoms with E-state index >= 15 is 0 Å². The highest BCUT2D eigenvalue weighted by atomic mass is 79.9. The first-order valence-electron chi connectivity index (χ1n) is 10.6. The number of carbonyl (C=O) groups excluding carboxylic acids is 2. The van der Waals surface area contributed by atoms with Gasteiger partial charge in [0.25, 0.3) is 0 Å². The normalized spacial score (nSPS) is 11.5. The van der Waals surface area contributed by atoms with E-state index in [4.69, 9.17) is 19.3 Å². The predicted molar refractivity (Wildman–Crippen MR) is 130 cm³/mol. The summed E-state index contributed by atoms with van der Waals surface area (Å²) in [7, 11) is 0. The molecule has 0 aliphatic carbocycles. The number of hydrogen-bond acceptors (Lipinski definition) is 9. The van der Waals surface area contributed by atoms with E-state index in [2.05, 4.69) is 31.1 Å².